The fraction of sp³-hybridized carbons (Fsp3) is 0.222. The van der Waals surface area contributed by atoms with Crippen LogP contribution in [0.4, 0.5) is 0 Å². The van der Waals surface area contributed by atoms with Gasteiger partial charge in [0, 0.05) is 16.3 Å². The summed E-state index contributed by atoms with van der Waals surface area (Å²) < 4.78 is 11.4. The summed E-state index contributed by atoms with van der Waals surface area (Å²) >= 11 is 7.31. The lowest BCUT2D eigenvalue weighted by Gasteiger charge is -2.04. The van der Waals surface area contributed by atoms with Gasteiger partial charge in [-0.3, -0.25) is 0 Å². The summed E-state index contributed by atoms with van der Waals surface area (Å²) in [4.78, 5) is 0. The van der Waals surface area contributed by atoms with E-state index in [0.29, 0.717) is 22.7 Å². The molecule has 0 unspecified atom stereocenters. The van der Waals surface area contributed by atoms with Gasteiger partial charge in [0.25, 0.3) is 5.22 Å². The molecule has 124 valence electrons. The van der Waals surface area contributed by atoms with Gasteiger partial charge in [-0.1, -0.05) is 40.6 Å². The minimum Gasteiger partial charge on any atom is -0.493 e. The van der Waals surface area contributed by atoms with Gasteiger partial charge < -0.3 is 9.15 Å². The number of aryl methyl sites for hydroxylation is 2. The summed E-state index contributed by atoms with van der Waals surface area (Å²) in [6, 6.07) is 13.5. The van der Waals surface area contributed by atoms with Crippen LogP contribution in [0.3, 0.4) is 0 Å². The fourth-order valence-corrected chi connectivity index (χ4v) is 3.01. The number of aromatic nitrogens is 2. The second kappa shape index (κ2) is 7.73. The van der Waals surface area contributed by atoms with Gasteiger partial charge in [0.2, 0.25) is 5.89 Å². The van der Waals surface area contributed by atoms with Gasteiger partial charge in [0.15, 0.2) is 0 Å². The van der Waals surface area contributed by atoms with E-state index in [4.69, 9.17) is 20.8 Å². The van der Waals surface area contributed by atoms with E-state index in [0.717, 1.165) is 17.1 Å². The smallest absolute Gasteiger partial charge is 0.276 e. The summed E-state index contributed by atoms with van der Waals surface area (Å²) in [6.07, 6.45) is 0. The number of ether oxygens (including phenoxy) is 1. The maximum atomic E-state index is 5.84. The van der Waals surface area contributed by atoms with Crippen LogP contribution in [0, 0.1) is 13.8 Å². The van der Waals surface area contributed by atoms with Crippen LogP contribution in [0.2, 0.25) is 5.02 Å². The Morgan fingerprint density at radius 3 is 2.46 bits per heavy atom. The fourth-order valence-electron chi connectivity index (χ4n) is 2.30. The molecule has 0 aliphatic carbocycles. The van der Waals surface area contributed by atoms with Gasteiger partial charge in [-0.25, -0.2) is 0 Å². The molecule has 0 radical (unpaired) electrons. The van der Waals surface area contributed by atoms with Crippen molar-refractivity contribution in [3.63, 3.8) is 0 Å². The van der Waals surface area contributed by atoms with E-state index in [1.54, 1.807) is 12.1 Å². The van der Waals surface area contributed by atoms with Crippen molar-refractivity contribution in [3.05, 3.63) is 58.6 Å². The first-order valence-corrected chi connectivity index (χ1v) is 8.90. The highest BCUT2D eigenvalue weighted by atomic mass is 35.5. The zero-order chi connectivity index (χ0) is 16.9. The monoisotopic (exact) mass is 360 g/mol. The molecule has 0 aliphatic rings. The quantitative estimate of drug-likeness (QED) is 0.448. The minimum absolute atomic E-state index is 0.544. The van der Waals surface area contributed by atoms with E-state index >= 15 is 0 Å². The molecule has 0 amide bonds. The van der Waals surface area contributed by atoms with Gasteiger partial charge in [-0.15, -0.1) is 10.2 Å². The predicted octanol–water partition coefficient (Wildman–Crippen LogP) is 5.18. The van der Waals surface area contributed by atoms with Crippen LogP contribution < -0.4 is 4.74 Å². The molecule has 0 saturated heterocycles. The predicted molar refractivity (Wildman–Crippen MR) is 96.9 cm³/mol. The molecule has 3 rings (SSSR count). The number of rotatable bonds is 6. The zero-order valence-corrected chi connectivity index (χ0v) is 15.0. The summed E-state index contributed by atoms with van der Waals surface area (Å²) in [5.74, 6) is 2.06. The van der Waals surface area contributed by atoms with Crippen LogP contribution >= 0.6 is 23.4 Å². The highest BCUT2D eigenvalue weighted by molar-refractivity contribution is 7.99. The molecule has 1 heterocycles. The van der Waals surface area contributed by atoms with Crippen molar-refractivity contribution in [1.29, 1.82) is 0 Å². The number of nitrogens with zero attached hydrogens (tertiary/aromatic N) is 2. The maximum Gasteiger partial charge on any atom is 0.276 e. The maximum absolute atomic E-state index is 5.84. The number of thioether (sulfide) groups is 1. The van der Waals surface area contributed by atoms with Gasteiger partial charge in [-0.05, 0) is 50.2 Å². The molecule has 1 aromatic heterocycles. The molecule has 3 aromatic rings. The minimum atomic E-state index is 0.544. The lowest BCUT2D eigenvalue weighted by atomic mass is 10.1. The molecule has 0 aliphatic heterocycles. The lowest BCUT2D eigenvalue weighted by molar-refractivity contribution is 0.343. The summed E-state index contributed by atoms with van der Waals surface area (Å²) in [5.41, 5.74) is 3.30. The van der Waals surface area contributed by atoms with Crippen molar-refractivity contribution < 1.29 is 9.15 Å². The highest BCUT2D eigenvalue weighted by Gasteiger charge is 2.10. The summed E-state index contributed by atoms with van der Waals surface area (Å²) in [6.45, 7) is 4.65. The molecule has 0 N–H and O–H groups in total. The first kappa shape index (κ1) is 16.9. The second-order valence-electron chi connectivity index (χ2n) is 5.40. The molecule has 0 bridgehead atoms. The van der Waals surface area contributed by atoms with Gasteiger partial charge in [0.1, 0.15) is 5.75 Å². The Hall–Kier alpha value is -1.98. The van der Waals surface area contributed by atoms with Gasteiger partial charge >= 0.3 is 0 Å². The molecule has 0 saturated carbocycles. The Labute approximate surface area is 150 Å². The molecule has 2 aromatic carbocycles. The number of halogens is 1. The molecule has 6 heteroatoms. The third-order valence-electron chi connectivity index (χ3n) is 3.27. The van der Waals surface area contributed by atoms with Gasteiger partial charge in [-0.2, -0.15) is 0 Å². The molecule has 24 heavy (non-hydrogen) atoms. The van der Waals surface area contributed by atoms with Crippen LogP contribution in [0.15, 0.2) is 52.1 Å². The molecule has 0 spiro atoms. The molecule has 4 nitrogen and oxygen atoms in total. The third kappa shape index (κ3) is 4.52. The normalized spacial score (nSPS) is 10.8. The molecular weight excluding hydrogens is 344 g/mol. The SMILES string of the molecule is Cc1cc(C)cc(-c2nnc(SCCOc3ccc(Cl)cc3)o2)c1. The van der Waals surface area contributed by atoms with E-state index in [1.165, 1.54) is 22.9 Å². The summed E-state index contributed by atoms with van der Waals surface area (Å²) in [7, 11) is 0. The Morgan fingerprint density at radius 2 is 1.75 bits per heavy atom. The first-order chi connectivity index (χ1) is 11.6. The topological polar surface area (TPSA) is 48.2 Å². The molecule has 0 fully saturated rings. The molecular formula is C18H17ClN2O2S. The number of benzene rings is 2. The lowest BCUT2D eigenvalue weighted by Crippen LogP contribution is -1.99. The van der Waals surface area contributed by atoms with E-state index in [2.05, 4.69) is 30.1 Å². The average Bonchev–Trinajstić information content (AvgIpc) is 3.01. The van der Waals surface area contributed by atoms with Gasteiger partial charge in [0.05, 0.1) is 6.61 Å². The van der Waals surface area contributed by atoms with Crippen LogP contribution in [0.25, 0.3) is 11.5 Å². The van der Waals surface area contributed by atoms with Crippen molar-refractivity contribution in [1.82, 2.24) is 10.2 Å². The first-order valence-electron chi connectivity index (χ1n) is 7.53. The summed E-state index contributed by atoms with van der Waals surface area (Å²) in [5, 5.41) is 9.44. The Kier molecular flexibility index (Phi) is 5.43. The number of hydrogen-bond acceptors (Lipinski definition) is 5. The van der Waals surface area contributed by atoms with Crippen LogP contribution in [0.5, 0.6) is 5.75 Å². The van der Waals surface area contributed by atoms with Crippen molar-refractivity contribution in [3.8, 4) is 17.2 Å². The second-order valence-corrected chi connectivity index (χ2v) is 6.88. The molecule has 0 atom stereocenters. The standard InChI is InChI=1S/C18H17ClN2O2S/c1-12-9-13(2)11-14(10-12)17-20-21-18(23-17)24-8-7-22-16-5-3-15(19)4-6-16/h3-6,9-11H,7-8H2,1-2H3. The van der Waals surface area contributed by atoms with Crippen LogP contribution in [-0.4, -0.2) is 22.6 Å². The Morgan fingerprint density at radius 1 is 1.04 bits per heavy atom. The van der Waals surface area contributed by atoms with Crippen molar-refractivity contribution in [2.24, 2.45) is 0 Å². The van der Waals surface area contributed by atoms with Crippen LogP contribution in [0.1, 0.15) is 11.1 Å². The highest BCUT2D eigenvalue weighted by Crippen LogP contribution is 2.25. The van der Waals surface area contributed by atoms with Crippen molar-refractivity contribution in [2.45, 2.75) is 19.1 Å². The third-order valence-corrected chi connectivity index (χ3v) is 4.30. The Bertz CT molecular complexity index is 798. The largest absolute Gasteiger partial charge is 0.493 e. The van der Waals surface area contributed by atoms with Crippen molar-refractivity contribution >= 4 is 23.4 Å². The average molecular weight is 361 g/mol. The van der Waals surface area contributed by atoms with E-state index in [9.17, 15) is 0 Å². The Balaban J connectivity index is 1.53. The van der Waals surface area contributed by atoms with E-state index < -0.39 is 0 Å². The van der Waals surface area contributed by atoms with E-state index in [-0.39, 0.29) is 0 Å². The van der Waals surface area contributed by atoms with Crippen molar-refractivity contribution in [2.75, 3.05) is 12.4 Å². The zero-order valence-electron chi connectivity index (χ0n) is 13.5. The number of hydrogen-bond donors (Lipinski definition) is 0. The van der Waals surface area contributed by atoms with Crippen LogP contribution in [-0.2, 0) is 0 Å². The van der Waals surface area contributed by atoms with E-state index in [1.807, 2.05) is 24.3 Å².